The second-order valence-corrected chi connectivity index (χ2v) is 6.55. The third kappa shape index (κ3) is 6.62. The molecule has 3 N–H and O–H groups in total. The number of aryl methyl sites for hydroxylation is 1. The van der Waals surface area contributed by atoms with Crippen LogP contribution < -0.4 is 17.7 Å². The van der Waals surface area contributed by atoms with Gasteiger partial charge in [-0.3, -0.25) is 4.79 Å². The van der Waals surface area contributed by atoms with E-state index in [9.17, 15) is 9.90 Å². The summed E-state index contributed by atoms with van der Waals surface area (Å²) in [6.07, 6.45) is 9.23. The van der Waals surface area contributed by atoms with E-state index in [1.54, 1.807) is 0 Å². The molecule has 1 heterocycles. The standard InChI is InChI=1S/C19H29NO2.ClH/c1-2-3-4-5-6-7-8-15-9-11-16(12-10-15)19(22)18-13-17(21)14-20-18;/h9-12,17-18,20-21H,2-8,13-14H2,1H3;1H/t17-,18+;/m1./s1. The summed E-state index contributed by atoms with van der Waals surface area (Å²) in [5.74, 6) is 0.155. The van der Waals surface area contributed by atoms with Crippen LogP contribution >= 0.6 is 0 Å². The normalized spacial score (nSPS) is 20.3. The lowest BCUT2D eigenvalue weighted by Crippen LogP contribution is -3.00. The predicted molar refractivity (Wildman–Crippen MR) is 89.1 cm³/mol. The maximum Gasteiger partial charge on any atom is 0.219 e. The summed E-state index contributed by atoms with van der Waals surface area (Å²) in [5.41, 5.74) is 2.10. The van der Waals surface area contributed by atoms with Gasteiger partial charge in [-0.15, -0.1) is 0 Å². The van der Waals surface area contributed by atoms with Gasteiger partial charge in [0, 0.05) is 12.0 Å². The zero-order valence-corrected chi connectivity index (χ0v) is 14.9. The zero-order valence-electron chi connectivity index (χ0n) is 14.1. The number of quaternary nitrogens is 1. The molecule has 0 bridgehead atoms. The van der Waals surface area contributed by atoms with E-state index < -0.39 is 0 Å². The Morgan fingerprint density at radius 1 is 1.13 bits per heavy atom. The molecule has 0 unspecified atom stereocenters. The molecule has 0 saturated carbocycles. The van der Waals surface area contributed by atoms with Gasteiger partial charge in [-0.05, 0) is 18.4 Å². The fourth-order valence-corrected chi connectivity index (χ4v) is 3.18. The Balaban J connectivity index is 0.00000264. The molecule has 1 saturated heterocycles. The molecule has 3 nitrogen and oxygen atoms in total. The molecular weight excluding hydrogens is 310 g/mol. The summed E-state index contributed by atoms with van der Waals surface area (Å²) < 4.78 is 0. The highest BCUT2D eigenvalue weighted by Crippen LogP contribution is 2.13. The number of rotatable bonds is 9. The Kier molecular flexibility index (Phi) is 9.46. The molecule has 0 radical (unpaired) electrons. The number of halogens is 1. The second-order valence-electron chi connectivity index (χ2n) is 6.55. The Morgan fingerprint density at radius 3 is 2.39 bits per heavy atom. The minimum atomic E-state index is -0.332. The van der Waals surface area contributed by atoms with Crippen LogP contribution in [0.5, 0.6) is 0 Å². The van der Waals surface area contributed by atoms with Crippen molar-refractivity contribution in [2.24, 2.45) is 0 Å². The summed E-state index contributed by atoms with van der Waals surface area (Å²) in [6, 6.07) is 7.98. The van der Waals surface area contributed by atoms with Crippen LogP contribution in [-0.4, -0.2) is 29.6 Å². The number of Topliss-reactive ketones (excluding diaryl/α,β-unsaturated/α-hetero) is 1. The van der Waals surface area contributed by atoms with Crippen LogP contribution in [-0.2, 0) is 6.42 Å². The zero-order chi connectivity index (χ0) is 15.8. The van der Waals surface area contributed by atoms with Crippen LogP contribution in [0.15, 0.2) is 24.3 Å². The van der Waals surface area contributed by atoms with E-state index in [0.717, 1.165) is 12.0 Å². The van der Waals surface area contributed by atoms with E-state index in [-0.39, 0.29) is 30.3 Å². The number of hydrogen-bond donors (Lipinski definition) is 2. The average Bonchev–Trinajstić information content (AvgIpc) is 2.97. The average molecular weight is 340 g/mol. The van der Waals surface area contributed by atoms with E-state index in [2.05, 4.69) is 19.1 Å². The minimum Gasteiger partial charge on any atom is -1.00 e. The van der Waals surface area contributed by atoms with Crippen molar-refractivity contribution in [1.82, 2.24) is 0 Å². The molecule has 0 aromatic heterocycles. The summed E-state index contributed by atoms with van der Waals surface area (Å²) >= 11 is 0. The minimum absolute atomic E-state index is 0. The molecule has 130 valence electrons. The molecule has 0 aliphatic carbocycles. The monoisotopic (exact) mass is 339 g/mol. The maximum absolute atomic E-state index is 12.3. The highest BCUT2D eigenvalue weighted by molar-refractivity contribution is 5.99. The van der Waals surface area contributed by atoms with Crippen molar-refractivity contribution in [3.8, 4) is 0 Å². The third-order valence-corrected chi connectivity index (χ3v) is 4.61. The van der Waals surface area contributed by atoms with Crippen molar-refractivity contribution in [3.63, 3.8) is 0 Å². The largest absolute Gasteiger partial charge is 1.00 e. The first-order chi connectivity index (χ1) is 10.7. The molecule has 2 rings (SSSR count). The number of aliphatic hydroxyl groups is 1. The number of ketones is 1. The first kappa shape index (κ1) is 20.1. The topological polar surface area (TPSA) is 53.9 Å². The molecule has 23 heavy (non-hydrogen) atoms. The number of benzene rings is 1. The fourth-order valence-electron chi connectivity index (χ4n) is 3.18. The van der Waals surface area contributed by atoms with Gasteiger partial charge in [0.2, 0.25) is 5.78 Å². The number of hydrogen-bond acceptors (Lipinski definition) is 2. The van der Waals surface area contributed by atoms with Gasteiger partial charge < -0.3 is 22.8 Å². The van der Waals surface area contributed by atoms with Crippen molar-refractivity contribution in [1.29, 1.82) is 0 Å². The molecule has 2 atom stereocenters. The first-order valence-corrected chi connectivity index (χ1v) is 8.85. The van der Waals surface area contributed by atoms with Crippen molar-refractivity contribution in [2.75, 3.05) is 6.54 Å². The Labute approximate surface area is 146 Å². The summed E-state index contributed by atoms with van der Waals surface area (Å²) in [6.45, 7) is 2.89. The van der Waals surface area contributed by atoms with E-state index in [4.69, 9.17) is 0 Å². The summed E-state index contributed by atoms with van der Waals surface area (Å²) in [5, 5.41) is 11.5. The molecule has 0 spiro atoms. The van der Waals surface area contributed by atoms with E-state index >= 15 is 0 Å². The smallest absolute Gasteiger partial charge is 0.219 e. The molecule has 1 aromatic rings. The number of carbonyl (C=O) groups excluding carboxylic acids is 1. The van der Waals surface area contributed by atoms with Gasteiger partial charge in [-0.2, -0.15) is 0 Å². The van der Waals surface area contributed by atoms with Crippen LogP contribution in [0.2, 0.25) is 0 Å². The molecule has 1 fully saturated rings. The van der Waals surface area contributed by atoms with Gasteiger partial charge in [0.1, 0.15) is 12.6 Å². The van der Waals surface area contributed by atoms with E-state index in [0.29, 0.717) is 13.0 Å². The number of carbonyl (C=O) groups is 1. The quantitative estimate of drug-likeness (QED) is 0.469. The van der Waals surface area contributed by atoms with Crippen molar-refractivity contribution >= 4 is 5.78 Å². The lowest BCUT2D eigenvalue weighted by atomic mass is 9.99. The molecule has 0 amide bonds. The van der Waals surface area contributed by atoms with Crippen molar-refractivity contribution in [2.45, 2.75) is 70.4 Å². The van der Waals surface area contributed by atoms with Gasteiger partial charge in [-0.1, -0.05) is 63.3 Å². The van der Waals surface area contributed by atoms with Crippen LogP contribution in [0.25, 0.3) is 0 Å². The van der Waals surface area contributed by atoms with Crippen LogP contribution in [0, 0.1) is 0 Å². The number of nitrogens with two attached hydrogens (primary N) is 1. The van der Waals surface area contributed by atoms with E-state index in [1.165, 1.54) is 44.1 Å². The van der Waals surface area contributed by atoms with Crippen molar-refractivity contribution < 1.29 is 27.6 Å². The van der Waals surface area contributed by atoms with Gasteiger partial charge in [0.05, 0.1) is 0 Å². The molecule has 1 aliphatic heterocycles. The highest BCUT2D eigenvalue weighted by Gasteiger charge is 2.32. The van der Waals surface area contributed by atoms with Gasteiger partial charge in [0.25, 0.3) is 0 Å². The number of aliphatic hydroxyl groups excluding tert-OH is 1. The van der Waals surface area contributed by atoms with Crippen LogP contribution in [0.1, 0.15) is 67.8 Å². The summed E-state index contributed by atoms with van der Waals surface area (Å²) in [7, 11) is 0. The van der Waals surface area contributed by atoms with Gasteiger partial charge >= 0.3 is 0 Å². The van der Waals surface area contributed by atoms with Crippen molar-refractivity contribution in [3.05, 3.63) is 35.4 Å². The fraction of sp³-hybridized carbons (Fsp3) is 0.632. The van der Waals surface area contributed by atoms with Gasteiger partial charge in [0.15, 0.2) is 6.04 Å². The van der Waals surface area contributed by atoms with Gasteiger partial charge in [-0.25, -0.2) is 0 Å². The molecule has 4 heteroatoms. The molecule has 1 aliphatic rings. The third-order valence-electron chi connectivity index (χ3n) is 4.61. The molecular formula is C19H30ClNO2. The van der Waals surface area contributed by atoms with Crippen LogP contribution in [0.4, 0.5) is 0 Å². The maximum atomic E-state index is 12.3. The predicted octanol–water partition coefficient (Wildman–Crippen LogP) is -0.527. The lowest BCUT2D eigenvalue weighted by molar-refractivity contribution is -0.658. The Morgan fingerprint density at radius 2 is 1.78 bits per heavy atom. The molecule has 1 aromatic carbocycles. The highest BCUT2D eigenvalue weighted by atomic mass is 35.5. The Hall–Kier alpha value is -0.900. The SMILES string of the molecule is CCCCCCCCc1ccc(C(=O)[C@@H]2C[C@@H](O)C[NH2+]2)cc1.[Cl-]. The van der Waals surface area contributed by atoms with E-state index in [1.807, 2.05) is 17.4 Å². The first-order valence-electron chi connectivity index (χ1n) is 8.85. The summed E-state index contributed by atoms with van der Waals surface area (Å²) in [4.78, 5) is 12.3. The number of unbranched alkanes of at least 4 members (excludes halogenated alkanes) is 5. The lowest BCUT2D eigenvalue weighted by Gasteiger charge is -2.07. The Bertz CT molecular complexity index is 461. The van der Waals surface area contributed by atoms with Crippen LogP contribution in [0.3, 0.4) is 0 Å². The second kappa shape index (κ2) is 10.8.